The molecule has 34 heavy (non-hydrogen) atoms. The Morgan fingerprint density at radius 3 is 2.53 bits per heavy atom. The molecule has 2 aliphatic heterocycles. The molecule has 2 saturated heterocycles. The maximum absolute atomic E-state index is 12.8. The van der Waals surface area contributed by atoms with E-state index >= 15 is 0 Å². The summed E-state index contributed by atoms with van der Waals surface area (Å²) in [4.78, 5) is 26.5. The highest BCUT2D eigenvalue weighted by atomic mass is 35.5. The molecule has 3 N–H and O–H groups in total. The number of benzene rings is 2. The minimum atomic E-state index is -0.846. The van der Waals surface area contributed by atoms with Crippen LogP contribution in [0.4, 0.5) is 5.69 Å². The molecule has 0 aromatic heterocycles. The summed E-state index contributed by atoms with van der Waals surface area (Å²) in [5.41, 5.74) is 7.15. The minimum Gasteiger partial charge on any atom is -0.378 e. The normalized spacial score (nSPS) is 25.1. The highest BCUT2D eigenvalue weighted by Gasteiger charge is 2.60. The number of amides is 2. The van der Waals surface area contributed by atoms with E-state index in [1.54, 1.807) is 24.3 Å². The second-order valence-electron chi connectivity index (χ2n) is 9.43. The van der Waals surface area contributed by atoms with Crippen LogP contribution in [-0.2, 0) is 20.6 Å². The van der Waals surface area contributed by atoms with E-state index in [9.17, 15) is 9.59 Å². The first-order chi connectivity index (χ1) is 16.0. The highest BCUT2D eigenvalue weighted by Crippen LogP contribution is 2.44. The summed E-state index contributed by atoms with van der Waals surface area (Å²) < 4.78 is 18.6. The molecule has 2 aromatic carbocycles. The first-order valence-electron chi connectivity index (χ1n) is 11.1. The number of ether oxygens (including phenoxy) is 3. The van der Waals surface area contributed by atoms with Gasteiger partial charge in [0.25, 0.3) is 5.91 Å². The molecule has 2 heterocycles. The van der Waals surface area contributed by atoms with Crippen molar-refractivity contribution in [2.75, 3.05) is 32.1 Å². The molecule has 2 fully saturated rings. The summed E-state index contributed by atoms with van der Waals surface area (Å²) in [5.74, 6) is -1.63. The average molecular weight is 488 g/mol. The van der Waals surface area contributed by atoms with Crippen molar-refractivity contribution in [2.24, 2.45) is 5.73 Å². The Morgan fingerprint density at radius 1 is 1.18 bits per heavy atom. The maximum atomic E-state index is 12.8. The van der Waals surface area contributed by atoms with Gasteiger partial charge in [-0.2, -0.15) is 0 Å². The molecule has 2 amide bonds. The van der Waals surface area contributed by atoms with Crippen LogP contribution in [0.1, 0.15) is 40.1 Å². The Hall–Kier alpha value is -2.65. The number of halogens is 1. The molecule has 4 rings (SSSR count). The van der Waals surface area contributed by atoms with Crippen LogP contribution in [-0.4, -0.2) is 62.7 Å². The van der Waals surface area contributed by atoms with Gasteiger partial charge in [-0.05, 0) is 49.7 Å². The van der Waals surface area contributed by atoms with Gasteiger partial charge in [0.1, 0.15) is 11.7 Å². The Bertz CT molecular complexity index is 1090. The Labute approximate surface area is 204 Å². The lowest BCUT2D eigenvalue weighted by atomic mass is 9.92. The van der Waals surface area contributed by atoms with Crippen molar-refractivity contribution in [1.29, 1.82) is 0 Å². The molecule has 2 aliphatic rings. The molecular formula is C25H30ClN3O5. The van der Waals surface area contributed by atoms with Gasteiger partial charge >= 0.3 is 0 Å². The molecule has 9 heteroatoms. The van der Waals surface area contributed by atoms with Gasteiger partial charge < -0.3 is 30.2 Å². The molecular weight excluding hydrogens is 458 g/mol. The van der Waals surface area contributed by atoms with E-state index < -0.39 is 23.4 Å². The molecule has 0 spiro atoms. The number of carbonyl (C=O) groups excluding carboxylic acids is 2. The van der Waals surface area contributed by atoms with Crippen LogP contribution in [0.2, 0.25) is 5.02 Å². The lowest BCUT2D eigenvalue weighted by molar-refractivity contribution is -0.188. The lowest BCUT2D eigenvalue weighted by Gasteiger charge is -2.27. The zero-order valence-corrected chi connectivity index (χ0v) is 20.5. The Balaban J connectivity index is 1.49. The lowest BCUT2D eigenvalue weighted by Crippen LogP contribution is -2.51. The van der Waals surface area contributed by atoms with E-state index in [1.807, 2.05) is 51.0 Å². The zero-order valence-electron chi connectivity index (χ0n) is 19.8. The number of hydrogen-bond donors (Lipinski definition) is 2. The number of primary amides is 1. The molecule has 0 saturated carbocycles. The monoisotopic (exact) mass is 487 g/mol. The van der Waals surface area contributed by atoms with Crippen LogP contribution in [0, 0.1) is 0 Å². The highest BCUT2D eigenvalue weighted by molar-refractivity contribution is 6.34. The second-order valence-corrected chi connectivity index (χ2v) is 9.80. The smallest absolute Gasteiger partial charge is 0.251 e. The molecule has 0 bridgehead atoms. The molecule has 0 radical (unpaired) electrons. The van der Waals surface area contributed by atoms with E-state index in [-0.39, 0.29) is 30.7 Å². The van der Waals surface area contributed by atoms with Crippen molar-refractivity contribution in [3.63, 3.8) is 0 Å². The van der Waals surface area contributed by atoms with Crippen LogP contribution in [0.3, 0.4) is 0 Å². The van der Waals surface area contributed by atoms with E-state index in [4.69, 9.17) is 31.5 Å². The third kappa shape index (κ3) is 4.77. The summed E-state index contributed by atoms with van der Waals surface area (Å²) in [5, 5.41) is 3.29. The van der Waals surface area contributed by atoms with Gasteiger partial charge in [-0.15, -0.1) is 0 Å². The largest absolute Gasteiger partial charge is 0.378 e. The van der Waals surface area contributed by atoms with Crippen LogP contribution < -0.4 is 16.0 Å². The number of rotatable bonds is 7. The average Bonchev–Trinajstić information content (AvgIpc) is 3.23. The number of carbonyl (C=O) groups is 2. The van der Waals surface area contributed by atoms with Crippen molar-refractivity contribution in [2.45, 2.75) is 43.9 Å². The number of fused-ring (bicyclic) bond motifs is 1. The van der Waals surface area contributed by atoms with E-state index in [2.05, 4.69) is 5.32 Å². The first-order valence-corrected chi connectivity index (χ1v) is 11.5. The Kier molecular flexibility index (Phi) is 6.61. The van der Waals surface area contributed by atoms with Crippen LogP contribution in [0.15, 0.2) is 42.5 Å². The van der Waals surface area contributed by atoms with E-state index in [1.165, 1.54) is 0 Å². The fourth-order valence-corrected chi connectivity index (χ4v) is 4.88. The molecule has 0 aliphatic carbocycles. The summed E-state index contributed by atoms with van der Waals surface area (Å²) >= 11 is 6.43. The van der Waals surface area contributed by atoms with Crippen molar-refractivity contribution in [3.05, 3.63) is 64.2 Å². The molecule has 8 nitrogen and oxygen atoms in total. The van der Waals surface area contributed by atoms with Gasteiger partial charge in [0, 0.05) is 31.8 Å². The van der Waals surface area contributed by atoms with Crippen molar-refractivity contribution < 1.29 is 23.8 Å². The zero-order chi connectivity index (χ0) is 24.7. The van der Waals surface area contributed by atoms with Crippen LogP contribution in [0.5, 0.6) is 0 Å². The van der Waals surface area contributed by atoms with E-state index in [0.717, 1.165) is 11.3 Å². The number of nitrogens with two attached hydrogens (primary N) is 1. The van der Waals surface area contributed by atoms with Crippen LogP contribution >= 0.6 is 11.6 Å². The maximum Gasteiger partial charge on any atom is 0.251 e. The van der Waals surface area contributed by atoms with E-state index in [0.29, 0.717) is 17.0 Å². The second kappa shape index (κ2) is 9.19. The topological polar surface area (TPSA) is 103 Å². The van der Waals surface area contributed by atoms with Gasteiger partial charge in [-0.3, -0.25) is 9.59 Å². The predicted molar refractivity (Wildman–Crippen MR) is 129 cm³/mol. The SMILES string of the molecule is CN(C)c1ccc(C(=O)NC[C@]23CO[C@H](Cc4cccc(C(N)=O)c4Cl)[C@H]2OC(C)(C)O3)cc1. The van der Waals surface area contributed by atoms with Crippen molar-refractivity contribution >= 4 is 29.1 Å². The first kappa shape index (κ1) is 24.5. The predicted octanol–water partition coefficient (Wildman–Crippen LogP) is 2.77. The summed E-state index contributed by atoms with van der Waals surface area (Å²) in [7, 11) is 3.89. The van der Waals surface area contributed by atoms with Gasteiger partial charge in [-0.1, -0.05) is 23.7 Å². The van der Waals surface area contributed by atoms with Gasteiger partial charge in [0.05, 0.1) is 29.8 Å². The van der Waals surface area contributed by atoms with Gasteiger partial charge in [0.2, 0.25) is 5.91 Å². The Morgan fingerprint density at radius 2 is 1.88 bits per heavy atom. The number of hydrogen-bond acceptors (Lipinski definition) is 6. The summed E-state index contributed by atoms with van der Waals surface area (Å²) in [6.45, 7) is 4.15. The quantitative estimate of drug-likeness (QED) is 0.622. The van der Waals surface area contributed by atoms with Crippen LogP contribution in [0.25, 0.3) is 0 Å². The van der Waals surface area contributed by atoms with Crippen molar-refractivity contribution in [3.8, 4) is 0 Å². The third-order valence-electron chi connectivity index (χ3n) is 6.22. The van der Waals surface area contributed by atoms with Gasteiger partial charge in [0.15, 0.2) is 5.79 Å². The molecule has 0 unspecified atom stereocenters. The standard InChI is InChI=1S/C25H30ClN3O5/c1-24(2)33-21-19(12-16-6-5-7-18(20(16)26)22(27)30)32-14-25(21,34-24)13-28-23(31)15-8-10-17(11-9-15)29(3)4/h5-11,19,21H,12-14H2,1-4H3,(H2,27,30)(H,28,31)/t19-,21-,25+/m1/s1. The fourth-order valence-electron chi connectivity index (χ4n) is 4.59. The number of nitrogens with zero attached hydrogens (tertiary/aromatic N) is 1. The number of nitrogens with one attached hydrogen (secondary N) is 1. The van der Waals surface area contributed by atoms with Crippen molar-refractivity contribution in [1.82, 2.24) is 5.32 Å². The third-order valence-corrected chi connectivity index (χ3v) is 6.66. The molecule has 3 atom stereocenters. The summed E-state index contributed by atoms with van der Waals surface area (Å²) in [6, 6.07) is 12.5. The number of anilines is 1. The fraction of sp³-hybridized carbons (Fsp3) is 0.440. The molecule has 182 valence electrons. The summed E-state index contributed by atoms with van der Waals surface area (Å²) in [6.07, 6.45) is -0.405. The molecule has 2 aromatic rings. The minimum absolute atomic E-state index is 0.201. The van der Waals surface area contributed by atoms with Gasteiger partial charge in [-0.25, -0.2) is 0 Å².